The van der Waals surface area contributed by atoms with Crippen molar-refractivity contribution in [2.45, 2.75) is 25.3 Å². The van der Waals surface area contributed by atoms with Crippen LogP contribution in [0.25, 0.3) is 11.0 Å². The summed E-state index contributed by atoms with van der Waals surface area (Å²) in [6, 6.07) is 14.1. The molecule has 1 fully saturated rings. The molecule has 10 heteroatoms. The number of nitrogens with one attached hydrogen (secondary N) is 2. The highest BCUT2D eigenvalue weighted by Gasteiger charge is 2.18. The maximum Gasteiger partial charge on any atom is 0.233 e. The van der Waals surface area contributed by atoms with Crippen LogP contribution in [0.5, 0.6) is 0 Å². The van der Waals surface area contributed by atoms with Crippen LogP contribution in [0, 0.1) is 0 Å². The van der Waals surface area contributed by atoms with E-state index in [0.717, 1.165) is 35.4 Å². The van der Waals surface area contributed by atoms with E-state index in [1.54, 1.807) is 18.5 Å². The topological polar surface area (TPSA) is 105 Å². The Morgan fingerprint density at radius 1 is 1.11 bits per heavy atom. The molecule has 9 nitrogen and oxygen atoms in total. The van der Waals surface area contributed by atoms with E-state index in [9.17, 15) is 8.42 Å². The lowest BCUT2D eigenvalue weighted by molar-refractivity contribution is 0.460. The van der Waals surface area contributed by atoms with Crippen LogP contribution in [0.15, 0.2) is 61.1 Å². The third-order valence-electron chi connectivity index (χ3n) is 6.48. The minimum atomic E-state index is -3.43. The number of nitrogens with zero attached hydrogens (tertiary/aromatic N) is 5. The second kappa shape index (κ2) is 9.63. The zero-order valence-electron chi connectivity index (χ0n) is 19.8. The zero-order chi connectivity index (χ0) is 24.4. The van der Waals surface area contributed by atoms with Crippen LogP contribution in [0.2, 0.25) is 0 Å². The molecule has 4 heterocycles. The molecule has 1 aliphatic heterocycles. The summed E-state index contributed by atoms with van der Waals surface area (Å²) in [6.07, 6.45) is 8.81. The molecule has 0 spiro atoms. The van der Waals surface area contributed by atoms with Crippen molar-refractivity contribution in [1.29, 1.82) is 0 Å². The largest absolute Gasteiger partial charge is 0.328 e. The Labute approximate surface area is 205 Å². The molecule has 0 unspecified atom stereocenters. The molecule has 1 aliphatic rings. The predicted octanol–water partition coefficient (Wildman–Crippen LogP) is 3.48. The van der Waals surface area contributed by atoms with Gasteiger partial charge in [-0.25, -0.2) is 18.4 Å². The van der Waals surface area contributed by atoms with E-state index in [-0.39, 0.29) is 0 Å². The molecule has 2 N–H and O–H groups in total. The van der Waals surface area contributed by atoms with E-state index < -0.39 is 10.0 Å². The Morgan fingerprint density at radius 3 is 2.63 bits per heavy atom. The molecule has 5 rings (SSSR count). The molecule has 0 atom stereocenters. The molecule has 1 aromatic carbocycles. The highest BCUT2D eigenvalue weighted by atomic mass is 32.2. The number of benzene rings is 1. The number of hydrogen-bond donors (Lipinski definition) is 2. The van der Waals surface area contributed by atoms with Gasteiger partial charge in [-0.2, -0.15) is 4.98 Å². The Kier molecular flexibility index (Phi) is 6.40. The molecule has 4 aromatic rings. The Hall–Kier alpha value is -3.50. The van der Waals surface area contributed by atoms with Crippen molar-refractivity contribution in [2.75, 3.05) is 36.0 Å². The molecule has 0 bridgehead atoms. The molecule has 0 radical (unpaired) electrons. The minimum absolute atomic E-state index is 0.401. The normalized spacial score (nSPS) is 14.8. The first-order chi connectivity index (χ1) is 16.9. The summed E-state index contributed by atoms with van der Waals surface area (Å²) in [5.74, 6) is 1.52. The minimum Gasteiger partial charge on any atom is -0.328 e. The fourth-order valence-corrected chi connectivity index (χ4v) is 4.94. The maximum absolute atomic E-state index is 12.1. The quantitative estimate of drug-likeness (QED) is 0.408. The molecule has 0 saturated carbocycles. The average Bonchev–Trinajstić information content (AvgIpc) is 3.26. The van der Waals surface area contributed by atoms with Gasteiger partial charge in [0.05, 0.1) is 12.8 Å². The summed E-state index contributed by atoms with van der Waals surface area (Å²) >= 11 is 0. The van der Waals surface area contributed by atoms with Crippen LogP contribution in [-0.4, -0.2) is 54.3 Å². The molecule has 35 heavy (non-hydrogen) atoms. The van der Waals surface area contributed by atoms with E-state index in [0.29, 0.717) is 24.2 Å². The van der Waals surface area contributed by atoms with Gasteiger partial charge in [0.25, 0.3) is 0 Å². The second-order valence-corrected chi connectivity index (χ2v) is 10.9. The fourth-order valence-electron chi connectivity index (χ4n) is 4.46. The lowest BCUT2D eigenvalue weighted by atomic mass is 9.90. The van der Waals surface area contributed by atoms with Gasteiger partial charge in [0.1, 0.15) is 11.5 Å². The van der Waals surface area contributed by atoms with Gasteiger partial charge in [-0.1, -0.05) is 18.2 Å². The number of pyridine rings is 1. The summed E-state index contributed by atoms with van der Waals surface area (Å²) in [4.78, 5) is 13.5. The summed E-state index contributed by atoms with van der Waals surface area (Å²) in [7, 11) is -1.92. The molecule has 0 amide bonds. The number of sulfonamides is 1. The molecule has 182 valence electrons. The van der Waals surface area contributed by atoms with Crippen molar-refractivity contribution >= 4 is 38.5 Å². The van der Waals surface area contributed by atoms with Crippen molar-refractivity contribution in [3.63, 3.8) is 0 Å². The Bertz CT molecular complexity index is 1430. The number of anilines is 3. The van der Waals surface area contributed by atoms with Gasteiger partial charge in [0, 0.05) is 42.3 Å². The SMILES string of the molecule is CN(c1ncccc1Cn1ccc2cnc(Nc3ccc(C4CCNCC4)cc3)nc21)S(C)(=O)=O. The van der Waals surface area contributed by atoms with Crippen LogP contribution >= 0.6 is 0 Å². The van der Waals surface area contributed by atoms with Crippen molar-refractivity contribution < 1.29 is 8.42 Å². The van der Waals surface area contributed by atoms with E-state index in [1.165, 1.54) is 36.0 Å². The smallest absolute Gasteiger partial charge is 0.233 e. The standard InChI is InChI=1S/C25H29N7O2S/c1-31(35(2,33)34)23-21(4-3-12-27-23)17-32-15-11-20-16-28-25(30-24(20)32)29-22-7-5-18(6-8-22)19-9-13-26-14-10-19/h3-8,11-12,15-16,19,26H,9-10,13-14,17H2,1-2H3,(H,28,29,30). The maximum atomic E-state index is 12.1. The first-order valence-corrected chi connectivity index (χ1v) is 13.5. The number of piperidine rings is 1. The first kappa shape index (κ1) is 23.3. The van der Waals surface area contributed by atoms with Crippen LogP contribution in [0.3, 0.4) is 0 Å². The van der Waals surface area contributed by atoms with Gasteiger partial charge in [0.2, 0.25) is 16.0 Å². The fraction of sp³-hybridized carbons (Fsp3) is 0.320. The van der Waals surface area contributed by atoms with Crippen LogP contribution in [0.1, 0.15) is 29.9 Å². The number of hydrogen-bond acceptors (Lipinski definition) is 7. The van der Waals surface area contributed by atoms with Gasteiger partial charge < -0.3 is 15.2 Å². The molecular weight excluding hydrogens is 462 g/mol. The van der Waals surface area contributed by atoms with E-state index in [4.69, 9.17) is 4.98 Å². The van der Waals surface area contributed by atoms with E-state index in [1.807, 2.05) is 22.9 Å². The average molecular weight is 492 g/mol. The van der Waals surface area contributed by atoms with Gasteiger partial charge in [-0.15, -0.1) is 0 Å². The van der Waals surface area contributed by atoms with Crippen molar-refractivity contribution in [3.8, 4) is 0 Å². The van der Waals surface area contributed by atoms with Crippen LogP contribution < -0.4 is 14.9 Å². The number of aromatic nitrogens is 4. The van der Waals surface area contributed by atoms with Gasteiger partial charge in [0.15, 0.2) is 0 Å². The van der Waals surface area contributed by atoms with Crippen molar-refractivity contribution in [3.05, 3.63) is 72.2 Å². The van der Waals surface area contributed by atoms with E-state index in [2.05, 4.69) is 44.9 Å². The first-order valence-electron chi connectivity index (χ1n) is 11.7. The van der Waals surface area contributed by atoms with Gasteiger partial charge in [-0.05, 0) is 61.7 Å². The molecule has 0 aliphatic carbocycles. The predicted molar refractivity (Wildman–Crippen MR) is 139 cm³/mol. The summed E-state index contributed by atoms with van der Waals surface area (Å²) in [5.41, 5.74) is 3.84. The summed E-state index contributed by atoms with van der Waals surface area (Å²) in [5, 5.41) is 7.62. The summed E-state index contributed by atoms with van der Waals surface area (Å²) < 4.78 is 27.3. The highest BCUT2D eigenvalue weighted by Crippen LogP contribution is 2.27. The lowest BCUT2D eigenvalue weighted by Gasteiger charge is -2.23. The summed E-state index contributed by atoms with van der Waals surface area (Å²) in [6.45, 7) is 2.57. The van der Waals surface area contributed by atoms with Gasteiger partial charge >= 0.3 is 0 Å². The molecule has 1 saturated heterocycles. The molecule has 3 aromatic heterocycles. The Morgan fingerprint density at radius 2 is 1.89 bits per heavy atom. The Balaban J connectivity index is 1.37. The molecular formula is C25H29N7O2S. The highest BCUT2D eigenvalue weighted by molar-refractivity contribution is 7.92. The van der Waals surface area contributed by atoms with Crippen LogP contribution in [0.4, 0.5) is 17.5 Å². The van der Waals surface area contributed by atoms with Crippen LogP contribution in [-0.2, 0) is 16.6 Å². The number of rotatable bonds is 7. The second-order valence-electron chi connectivity index (χ2n) is 8.90. The van der Waals surface area contributed by atoms with Crippen molar-refractivity contribution in [2.24, 2.45) is 0 Å². The number of fused-ring (bicyclic) bond motifs is 1. The third-order valence-corrected chi connectivity index (χ3v) is 7.65. The monoisotopic (exact) mass is 491 g/mol. The third kappa shape index (κ3) is 5.13. The van der Waals surface area contributed by atoms with Gasteiger partial charge in [-0.3, -0.25) is 4.31 Å². The van der Waals surface area contributed by atoms with Crippen molar-refractivity contribution in [1.82, 2.24) is 24.8 Å². The zero-order valence-corrected chi connectivity index (χ0v) is 20.7. The lowest BCUT2D eigenvalue weighted by Crippen LogP contribution is -2.27. The van der Waals surface area contributed by atoms with E-state index >= 15 is 0 Å².